The van der Waals surface area contributed by atoms with E-state index in [-0.39, 0.29) is 0 Å². The van der Waals surface area contributed by atoms with Gasteiger partial charge in [0.15, 0.2) is 5.69 Å². The Bertz CT molecular complexity index is 1190. The molecule has 0 spiro atoms. The van der Waals surface area contributed by atoms with E-state index < -0.39 is 5.60 Å². The summed E-state index contributed by atoms with van der Waals surface area (Å²) in [6.07, 6.45) is 14.6. The molecule has 0 bridgehead atoms. The number of nitrogens with one attached hydrogen (secondary N) is 1. The van der Waals surface area contributed by atoms with Crippen LogP contribution in [0.1, 0.15) is 84.3 Å². The van der Waals surface area contributed by atoms with Crippen molar-refractivity contribution in [2.24, 2.45) is 40.9 Å². The van der Waals surface area contributed by atoms with Crippen molar-refractivity contribution < 1.29 is 9.84 Å². The highest BCUT2D eigenvalue weighted by atomic mass is 16.5. The third kappa shape index (κ3) is 4.89. The lowest BCUT2D eigenvalue weighted by Crippen LogP contribution is -2.52. The van der Waals surface area contributed by atoms with Crippen LogP contribution < -0.4 is 5.32 Å². The smallest absolute Gasteiger partial charge is 0.162 e. The molecule has 0 aliphatic heterocycles. The number of nitriles is 1. The van der Waals surface area contributed by atoms with E-state index in [2.05, 4.69) is 35.3 Å². The Morgan fingerprint density at radius 2 is 1.97 bits per heavy atom. The van der Waals surface area contributed by atoms with Crippen molar-refractivity contribution in [1.29, 1.82) is 5.26 Å². The minimum Gasteiger partial charge on any atom is -0.387 e. The second-order valence-corrected chi connectivity index (χ2v) is 13.4. The summed E-state index contributed by atoms with van der Waals surface area (Å²) in [4.78, 5) is 4.69. The lowest BCUT2D eigenvalue weighted by molar-refractivity contribution is -0.128. The fourth-order valence-corrected chi connectivity index (χ4v) is 9.72. The summed E-state index contributed by atoms with van der Waals surface area (Å²) in [6.45, 7) is 8.16. The molecule has 9 atom stereocenters. The molecule has 2 aromatic heterocycles. The van der Waals surface area contributed by atoms with Crippen LogP contribution in [0.2, 0.25) is 0 Å². The van der Waals surface area contributed by atoms with Crippen LogP contribution in [0, 0.1) is 52.3 Å². The number of pyridine rings is 1. The Morgan fingerprint density at radius 1 is 1.13 bits per heavy atom. The maximum absolute atomic E-state index is 11.2. The van der Waals surface area contributed by atoms with Crippen molar-refractivity contribution in [3.63, 3.8) is 0 Å². The molecule has 0 amide bonds. The Kier molecular flexibility index (Phi) is 7.22. The van der Waals surface area contributed by atoms with Crippen LogP contribution in [0.3, 0.4) is 0 Å². The zero-order valence-electron chi connectivity index (χ0n) is 23.9. The van der Waals surface area contributed by atoms with Crippen LogP contribution in [0.4, 0.5) is 5.82 Å². The summed E-state index contributed by atoms with van der Waals surface area (Å²) in [5, 5.41) is 28.2. The molecule has 2 heterocycles. The predicted molar refractivity (Wildman–Crippen MR) is 151 cm³/mol. The van der Waals surface area contributed by atoms with Gasteiger partial charge >= 0.3 is 0 Å². The van der Waals surface area contributed by atoms with Gasteiger partial charge in [0.2, 0.25) is 0 Å². The number of hydrogen-bond acceptors (Lipinski definition) is 6. The molecule has 210 valence electrons. The molecule has 0 unspecified atom stereocenters. The average Bonchev–Trinajstić information content (AvgIpc) is 3.56. The van der Waals surface area contributed by atoms with Crippen molar-refractivity contribution >= 4 is 5.82 Å². The summed E-state index contributed by atoms with van der Waals surface area (Å²) in [7, 11) is 0. The lowest BCUT2D eigenvalue weighted by Gasteiger charge is -2.57. The fourth-order valence-electron chi connectivity index (χ4n) is 9.72. The van der Waals surface area contributed by atoms with Gasteiger partial charge in [0.25, 0.3) is 0 Å². The van der Waals surface area contributed by atoms with E-state index in [4.69, 9.17) is 10.00 Å². The maximum atomic E-state index is 11.2. The fraction of sp³-hybridized carbons (Fsp3) is 0.719. The number of nitrogens with zero attached hydrogens (tertiary/aromatic N) is 4. The minimum atomic E-state index is -0.600. The summed E-state index contributed by atoms with van der Waals surface area (Å²) in [5.41, 5.74) is 1.05. The first-order chi connectivity index (χ1) is 18.8. The predicted octanol–water partition coefficient (Wildman–Crippen LogP) is 5.98. The number of hydrogen-bond donors (Lipinski definition) is 2. The molecule has 0 saturated heterocycles. The van der Waals surface area contributed by atoms with Crippen LogP contribution in [0.5, 0.6) is 0 Å². The van der Waals surface area contributed by atoms with Crippen molar-refractivity contribution in [2.45, 2.75) is 90.2 Å². The molecule has 4 fully saturated rings. The second kappa shape index (κ2) is 10.5. The first kappa shape index (κ1) is 26.8. The summed E-state index contributed by atoms with van der Waals surface area (Å²) in [5.74, 6) is 5.54. The molecule has 7 heteroatoms. The number of anilines is 1. The topological polar surface area (TPSA) is 96.0 Å². The monoisotopic (exact) mass is 531 g/mol. The number of rotatable bonds is 7. The largest absolute Gasteiger partial charge is 0.387 e. The molecule has 6 rings (SSSR count). The van der Waals surface area contributed by atoms with E-state index in [0.29, 0.717) is 42.2 Å². The Labute approximate surface area is 233 Å². The van der Waals surface area contributed by atoms with E-state index in [9.17, 15) is 5.11 Å². The number of ether oxygens (including phenoxy) is 1. The van der Waals surface area contributed by atoms with Crippen molar-refractivity contribution in [3.05, 3.63) is 36.3 Å². The summed E-state index contributed by atoms with van der Waals surface area (Å²) in [6, 6.07) is 8.19. The second-order valence-electron chi connectivity index (χ2n) is 13.4. The van der Waals surface area contributed by atoms with Gasteiger partial charge in [-0.25, -0.2) is 9.67 Å². The highest BCUT2D eigenvalue weighted by Gasteiger charge is 2.58. The van der Waals surface area contributed by atoms with E-state index >= 15 is 0 Å². The van der Waals surface area contributed by atoms with Gasteiger partial charge in [-0.2, -0.15) is 10.4 Å². The quantitative estimate of drug-likeness (QED) is 0.457. The number of aliphatic hydroxyl groups is 1. The third-order valence-electron chi connectivity index (χ3n) is 11.4. The zero-order chi connectivity index (χ0) is 27.2. The first-order valence-electron chi connectivity index (χ1n) is 15.3. The van der Waals surface area contributed by atoms with E-state index in [1.165, 1.54) is 44.9 Å². The zero-order valence-corrected chi connectivity index (χ0v) is 23.9. The van der Waals surface area contributed by atoms with Crippen molar-refractivity contribution in [1.82, 2.24) is 14.8 Å². The molecule has 4 aliphatic rings. The van der Waals surface area contributed by atoms with Gasteiger partial charge in [-0.1, -0.05) is 6.92 Å². The molecule has 2 aromatic rings. The average molecular weight is 532 g/mol. The molecule has 0 aromatic carbocycles. The van der Waals surface area contributed by atoms with Gasteiger partial charge < -0.3 is 15.2 Å². The maximum Gasteiger partial charge on any atom is 0.162 e. The summed E-state index contributed by atoms with van der Waals surface area (Å²) >= 11 is 0. The minimum absolute atomic E-state index is 0.365. The first-order valence-corrected chi connectivity index (χ1v) is 15.3. The molecule has 2 N–H and O–H groups in total. The molecule has 39 heavy (non-hydrogen) atoms. The van der Waals surface area contributed by atoms with Gasteiger partial charge in [0.05, 0.1) is 24.1 Å². The van der Waals surface area contributed by atoms with Crippen molar-refractivity contribution in [2.75, 3.05) is 18.5 Å². The van der Waals surface area contributed by atoms with Crippen LogP contribution in [-0.4, -0.2) is 44.7 Å². The Balaban J connectivity index is 1.10. The summed E-state index contributed by atoms with van der Waals surface area (Å²) < 4.78 is 7.36. The lowest BCUT2D eigenvalue weighted by atomic mass is 9.48. The van der Waals surface area contributed by atoms with Crippen LogP contribution in [0.15, 0.2) is 30.6 Å². The SMILES string of the molecule is CCOC[C@@]1(O)CC[C@H]2[C@H](CC[C@@H]3[C@@H]2CC[C@]2(C)[C@@H]([C@@H](C)Nc4ccc(-n5ccc(C#N)n5)cn4)CC[C@@H]32)C1. The highest BCUT2D eigenvalue weighted by Crippen LogP contribution is 2.65. The van der Waals surface area contributed by atoms with Gasteiger partial charge in [0.1, 0.15) is 11.9 Å². The Hall–Kier alpha value is -2.43. The molecule has 7 nitrogen and oxygen atoms in total. The standard InChI is InChI=1S/C32H45N5O2/c1-4-39-20-32(38)15-12-25-22(17-32)5-7-27-26(25)11-14-31(3)28(8-9-29(27)31)21(2)35-30-10-6-24(19-34-30)37-16-13-23(18-33)36-37/h6,10,13,16,19,21-22,25-29,38H,4-5,7-9,11-12,14-15,17,20H2,1-3H3,(H,34,35)/t21-,22-,25+,26-,27-,28-,29+,31-,32-/m1/s1. The van der Waals surface area contributed by atoms with Gasteiger partial charge in [-0.05, 0) is 131 Å². The van der Waals surface area contributed by atoms with E-state index in [0.717, 1.165) is 48.0 Å². The molecule has 0 radical (unpaired) electrons. The van der Waals surface area contributed by atoms with Crippen LogP contribution in [-0.2, 0) is 4.74 Å². The van der Waals surface area contributed by atoms with E-state index in [1.807, 2.05) is 25.3 Å². The van der Waals surface area contributed by atoms with Crippen LogP contribution in [0.25, 0.3) is 5.69 Å². The van der Waals surface area contributed by atoms with Crippen LogP contribution >= 0.6 is 0 Å². The Morgan fingerprint density at radius 3 is 2.72 bits per heavy atom. The van der Waals surface area contributed by atoms with E-state index in [1.54, 1.807) is 16.9 Å². The number of fused-ring (bicyclic) bond motifs is 5. The molecule has 4 aliphatic carbocycles. The van der Waals surface area contributed by atoms with Gasteiger partial charge in [0, 0.05) is 18.8 Å². The molecular weight excluding hydrogens is 486 g/mol. The molecular formula is C32H45N5O2. The third-order valence-corrected chi connectivity index (χ3v) is 11.4. The number of aromatic nitrogens is 3. The normalized spacial score (nSPS) is 38.2. The van der Waals surface area contributed by atoms with Crippen molar-refractivity contribution in [3.8, 4) is 11.8 Å². The highest BCUT2D eigenvalue weighted by molar-refractivity contribution is 5.41. The molecule has 4 saturated carbocycles. The van der Waals surface area contributed by atoms with Gasteiger partial charge in [-0.3, -0.25) is 0 Å². The van der Waals surface area contributed by atoms with Gasteiger partial charge in [-0.15, -0.1) is 0 Å².